The average Bonchev–Trinajstić information content (AvgIpc) is 3.25. The summed E-state index contributed by atoms with van der Waals surface area (Å²) in [5, 5.41) is 16.4. The highest BCUT2D eigenvalue weighted by Crippen LogP contribution is 2.26. The molecule has 5 aromatic rings. The van der Waals surface area contributed by atoms with Gasteiger partial charge in [0.05, 0.1) is 4.90 Å². The molecule has 0 spiro atoms. The van der Waals surface area contributed by atoms with Gasteiger partial charge in [0, 0.05) is 18.7 Å². The third-order valence-electron chi connectivity index (χ3n) is 5.53. The van der Waals surface area contributed by atoms with Crippen molar-refractivity contribution in [3.63, 3.8) is 0 Å². The van der Waals surface area contributed by atoms with Crippen LogP contribution in [0.25, 0.3) is 16.4 Å². The second-order valence-corrected chi connectivity index (χ2v) is 10.7. The highest BCUT2D eigenvalue weighted by atomic mass is 32.2. The Bertz CT molecular complexity index is 1560. The zero-order valence-electron chi connectivity index (χ0n) is 18.5. The molecule has 34 heavy (non-hydrogen) atoms. The third-order valence-corrected chi connectivity index (χ3v) is 7.98. The number of sulfonamides is 1. The third kappa shape index (κ3) is 4.82. The lowest BCUT2D eigenvalue weighted by Crippen LogP contribution is -2.26. The van der Waals surface area contributed by atoms with Crippen LogP contribution in [0.4, 0.5) is 0 Å². The van der Waals surface area contributed by atoms with Gasteiger partial charge in [-0.2, -0.15) is 9.61 Å². The summed E-state index contributed by atoms with van der Waals surface area (Å²) >= 11 is 1.64. The van der Waals surface area contributed by atoms with E-state index in [4.69, 9.17) is 5.10 Å². The van der Waals surface area contributed by atoms with E-state index in [0.29, 0.717) is 17.9 Å². The first kappa shape index (κ1) is 22.5. The molecular formula is C25H23N5O2S2. The minimum atomic E-state index is -3.58. The maximum Gasteiger partial charge on any atom is 0.240 e. The van der Waals surface area contributed by atoms with Crippen LogP contribution >= 0.6 is 11.8 Å². The molecule has 5 rings (SSSR count). The molecule has 0 aliphatic heterocycles. The number of hydrogen-bond acceptors (Lipinski definition) is 6. The number of aromatic nitrogens is 4. The van der Waals surface area contributed by atoms with E-state index < -0.39 is 10.0 Å². The molecule has 0 atom stereocenters. The molecule has 0 amide bonds. The molecule has 0 unspecified atom stereocenters. The molecule has 9 heteroatoms. The Hall–Kier alpha value is -3.27. The smallest absolute Gasteiger partial charge is 0.211 e. The van der Waals surface area contributed by atoms with E-state index in [1.807, 2.05) is 25.1 Å². The van der Waals surface area contributed by atoms with Crippen LogP contribution in [0.1, 0.15) is 17.0 Å². The van der Waals surface area contributed by atoms with Gasteiger partial charge in [0.1, 0.15) is 5.03 Å². The predicted octanol–water partition coefficient (Wildman–Crippen LogP) is 4.40. The van der Waals surface area contributed by atoms with E-state index >= 15 is 0 Å². The normalized spacial score (nSPS) is 11.9. The van der Waals surface area contributed by atoms with Crippen LogP contribution in [0.2, 0.25) is 0 Å². The van der Waals surface area contributed by atoms with Crippen LogP contribution in [-0.4, -0.2) is 34.8 Å². The highest BCUT2D eigenvalue weighted by Gasteiger charge is 2.15. The van der Waals surface area contributed by atoms with Crippen LogP contribution < -0.4 is 4.72 Å². The molecule has 0 aliphatic rings. The minimum absolute atomic E-state index is 0.200. The molecule has 2 heterocycles. The second-order valence-electron chi connectivity index (χ2n) is 7.95. The Balaban J connectivity index is 1.28. The fourth-order valence-corrected chi connectivity index (χ4v) is 5.61. The second kappa shape index (κ2) is 9.54. The minimum Gasteiger partial charge on any atom is -0.211 e. The quantitative estimate of drug-likeness (QED) is 0.325. The topological polar surface area (TPSA) is 89.2 Å². The first-order valence-corrected chi connectivity index (χ1v) is 13.3. The van der Waals surface area contributed by atoms with E-state index in [1.165, 1.54) is 16.3 Å². The molecule has 2 aromatic heterocycles. The monoisotopic (exact) mass is 489 g/mol. The van der Waals surface area contributed by atoms with Gasteiger partial charge in [-0.1, -0.05) is 71.9 Å². The Morgan fingerprint density at radius 2 is 1.71 bits per heavy atom. The molecule has 3 aromatic carbocycles. The maximum atomic E-state index is 12.5. The molecule has 0 saturated heterocycles. The van der Waals surface area contributed by atoms with Crippen molar-refractivity contribution in [2.75, 3.05) is 6.54 Å². The summed E-state index contributed by atoms with van der Waals surface area (Å²) in [5.41, 5.74) is 2.89. The molecule has 0 radical (unpaired) electrons. The van der Waals surface area contributed by atoms with Gasteiger partial charge in [-0.3, -0.25) is 0 Å². The van der Waals surface area contributed by atoms with Crippen molar-refractivity contribution in [3.8, 4) is 0 Å². The van der Waals surface area contributed by atoms with E-state index in [-0.39, 0.29) is 11.4 Å². The van der Waals surface area contributed by atoms with Crippen molar-refractivity contribution < 1.29 is 8.42 Å². The van der Waals surface area contributed by atoms with Gasteiger partial charge in [0.15, 0.2) is 11.5 Å². The lowest BCUT2D eigenvalue weighted by Gasteiger charge is -2.07. The van der Waals surface area contributed by atoms with Crippen LogP contribution in [0.5, 0.6) is 0 Å². The maximum absolute atomic E-state index is 12.5. The molecule has 172 valence electrons. The summed E-state index contributed by atoms with van der Waals surface area (Å²) < 4.78 is 29.4. The largest absolute Gasteiger partial charge is 0.240 e. The SMILES string of the molecule is Cc1ccc(S(=O)(=O)NCCc2nnc3ccc(SCc4cccc5ccccc45)nn23)cc1. The first-order chi connectivity index (χ1) is 16.5. The van der Waals surface area contributed by atoms with Crippen molar-refractivity contribution in [1.29, 1.82) is 0 Å². The molecule has 1 N–H and O–H groups in total. The van der Waals surface area contributed by atoms with E-state index in [2.05, 4.69) is 51.3 Å². The summed E-state index contributed by atoms with van der Waals surface area (Å²) in [6, 6.07) is 25.3. The highest BCUT2D eigenvalue weighted by molar-refractivity contribution is 7.98. The van der Waals surface area contributed by atoms with E-state index in [9.17, 15) is 8.42 Å². The van der Waals surface area contributed by atoms with E-state index in [1.54, 1.807) is 40.5 Å². The Kier molecular flexibility index (Phi) is 6.32. The molecule has 0 saturated carbocycles. The molecule has 0 bridgehead atoms. The van der Waals surface area contributed by atoms with Gasteiger partial charge in [-0.05, 0) is 47.5 Å². The lowest BCUT2D eigenvalue weighted by molar-refractivity contribution is 0.580. The fraction of sp³-hybridized carbons (Fsp3) is 0.160. The average molecular weight is 490 g/mol. The number of aryl methyl sites for hydroxylation is 1. The number of benzene rings is 3. The molecule has 0 fully saturated rings. The van der Waals surface area contributed by atoms with Crippen molar-refractivity contribution >= 4 is 38.2 Å². The standard InChI is InChI=1S/C25H23N5O2S2/c1-18-9-11-21(12-10-18)34(31,32)26-16-15-24-28-27-23-13-14-25(29-30(23)24)33-17-20-7-4-6-19-5-2-3-8-22(19)20/h2-14,26H,15-17H2,1H3. The number of nitrogens with one attached hydrogen (secondary N) is 1. The van der Waals surface area contributed by atoms with Crippen molar-refractivity contribution in [2.24, 2.45) is 0 Å². The van der Waals surface area contributed by atoms with Gasteiger partial charge in [0.2, 0.25) is 10.0 Å². The van der Waals surface area contributed by atoms with Gasteiger partial charge in [-0.25, -0.2) is 13.1 Å². The Labute approximate surface area is 202 Å². The first-order valence-electron chi connectivity index (χ1n) is 10.9. The zero-order chi connectivity index (χ0) is 23.5. The van der Waals surface area contributed by atoms with Gasteiger partial charge >= 0.3 is 0 Å². The fourth-order valence-electron chi connectivity index (χ4n) is 3.72. The molecule has 0 aliphatic carbocycles. The molecule has 7 nitrogen and oxygen atoms in total. The zero-order valence-corrected chi connectivity index (χ0v) is 20.2. The number of nitrogens with zero attached hydrogens (tertiary/aromatic N) is 4. The van der Waals surface area contributed by atoms with Gasteiger partial charge in [0.25, 0.3) is 0 Å². The lowest BCUT2D eigenvalue weighted by atomic mass is 10.1. The number of fused-ring (bicyclic) bond motifs is 2. The van der Waals surface area contributed by atoms with Crippen molar-refractivity contribution in [3.05, 3.63) is 95.8 Å². The molecular weight excluding hydrogens is 466 g/mol. The van der Waals surface area contributed by atoms with Crippen LogP contribution in [-0.2, 0) is 22.2 Å². The summed E-state index contributed by atoms with van der Waals surface area (Å²) in [7, 11) is -3.58. The van der Waals surface area contributed by atoms with Gasteiger partial charge < -0.3 is 0 Å². The summed E-state index contributed by atoms with van der Waals surface area (Å²) in [6.45, 7) is 2.12. The van der Waals surface area contributed by atoms with E-state index in [0.717, 1.165) is 16.3 Å². The Morgan fingerprint density at radius 3 is 2.56 bits per heavy atom. The van der Waals surface area contributed by atoms with Crippen LogP contribution in [0.3, 0.4) is 0 Å². The summed E-state index contributed by atoms with van der Waals surface area (Å²) in [6.07, 6.45) is 0.372. The number of rotatable bonds is 8. The number of thioether (sulfide) groups is 1. The summed E-state index contributed by atoms with van der Waals surface area (Å²) in [4.78, 5) is 0.245. The number of hydrogen-bond donors (Lipinski definition) is 1. The van der Waals surface area contributed by atoms with Gasteiger partial charge in [-0.15, -0.1) is 10.2 Å². The Morgan fingerprint density at radius 1 is 0.912 bits per heavy atom. The predicted molar refractivity (Wildman–Crippen MR) is 134 cm³/mol. The summed E-state index contributed by atoms with van der Waals surface area (Å²) in [5.74, 6) is 1.39. The van der Waals surface area contributed by atoms with Crippen molar-refractivity contribution in [2.45, 2.75) is 29.0 Å². The van der Waals surface area contributed by atoms with Crippen molar-refractivity contribution in [1.82, 2.24) is 24.5 Å². The van der Waals surface area contributed by atoms with Crippen LogP contribution in [0, 0.1) is 6.92 Å². The van der Waals surface area contributed by atoms with Crippen LogP contribution in [0.15, 0.2) is 88.8 Å².